The lowest BCUT2D eigenvalue weighted by Crippen LogP contribution is -2.13. The molecule has 0 atom stereocenters. The highest BCUT2D eigenvalue weighted by molar-refractivity contribution is 6.00. The molecule has 9 heteroatoms. The summed E-state index contributed by atoms with van der Waals surface area (Å²) in [6.45, 7) is 4.03. The van der Waals surface area contributed by atoms with Gasteiger partial charge in [0, 0.05) is 53.1 Å². The molecular formula is C28H24N8O. The minimum Gasteiger partial charge on any atom is -0.338 e. The van der Waals surface area contributed by atoms with Crippen LogP contribution in [0.4, 0.5) is 5.69 Å². The summed E-state index contributed by atoms with van der Waals surface area (Å²) in [6, 6.07) is 11.9. The highest BCUT2D eigenvalue weighted by Crippen LogP contribution is 2.34. The number of fused-ring (bicyclic) bond motifs is 2. The SMILES string of the molecule is CC(C)CC(=O)Nc1cncc(-c2cc3c(-c4cc5c(-c6cccnc6)ccnc5[nH]4)n[nH]c3cn2)c1. The fourth-order valence-electron chi connectivity index (χ4n) is 4.44. The maximum absolute atomic E-state index is 12.2. The second kappa shape index (κ2) is 9.27. The normalized spacial score (nSPS) is 11.4. The zero-order chi connectivity index (χ0) is 25.4. The predicted molar refractivity (Wildman–Crippen MR) is 144 cm³/mol. The molecule has 6 aromatic heterocycles. The van der Waals surface area contributed by atoms with Gasteiger partial charge < -0.3 is 10.3 Å². The van der Waals surface area contributed by atoms with Crippen molar-refractivity contribution < 1.29 is 4.79 Å². The van der Waals surface area contributed by atoms with Crippen LogP contribution in [0.1, 0.15) is 20.3 Å². The van der Waals surface area contributed by atoms with Gasteiger partial charge >= 0.3 is 0 Å². The number of H-pyrrole nitrogens is 2. The van der Waals surface area contributed by atoms with Crippen LogP contribution in [0.2, 0.25) is 0 Å². The Kier molecular flexibility index (Phi) is 5.65. The molecule has 6 rings (SSSR count). The van der Waals surface area contributed by atoms with E-state index >= 15 is 0 Å². The van der Waals surface area contributed by atoms with E-state index in [1.165, 1.54) is 0 Å². The van der Waals surface area contributed by atoms with E-state index in [1.54, 1.807) is 31.0 Å². The van der Waals surface area contributed by atoms with E-state index in [0.717, 1.165) is 55.7 Å². The van der Waals surface area contributed by atoms with Crippen molar-refractivity contribution >= 4 is 33.5 Å². The average Bonchev–Trinajstić information content (AvgIpc) is 3.52. The number of hydrogen-bond acceptors (Lipinski definition) is 6. The van der Waals surface area contributed by atoms with Crippen molar-refractivity contribution in [2.24, 2.45) is 5.92 Å². The third-order valence-electron chi connectivity index (χ3n) is 6.12. The summed E-state index contributed by atoms with van der Waals surface area (Å²) in [5.41, 5.74) is 7.43. The standard InChI is InChI=1S/C28H24N8O/c1-16(2)8-26(37)33-19-9-18(13-30-14-19)23-11-22-25(15-32-23)35-36-27(22)24-10-21-20(5-7-31-28(21)34-24)17-4-3-6-29-12-17/h3-7,9-16H,8H2,1-2H3,(H,31,34)(H,33,37)(H,35,36). The number of carbonyl (C=O) groups is 1. The molecule has 0 aromatic carbocycles. The van der Waals surface area contributed by atoms with Crippen molar-refractivity contribution in [1.29, 1.82) is 0 Å². The molecule has 3 N–H and O–H groups in total. The molecule has 1 amide bonds. The summed E-state index contributed by atoms with van der Waals surface area (Å²) in [4.78, 5) is 33.3. The number of aromatic amines is 2. The third-order valence-corrected chi connectivity index (χ3v) is 6.12. The molecule has 6 heterocycles. The van der Waals surface area contributed by atoms with Crippen LogP contribution in [0.5, 0.6) is 0 Å². The molecule has 0 aliphatic carbocycles. The van der Waals surface area contributed by atoms with Crippen molar-refractivity contribution in [3.8, 4) is 33.8 Å². The highest BCUT2D eigenvalue weighted by Gasteiger charge is 2.16. The van der Waals surface area contributed by atoms with E-state index in [9.17, 15) is 4.79 Å². The van der Waals surface area contributed by atoms with Gasteiger partial charge in [-0.2, -0.15) is 5.10 Å². The number of pyridine rings is 4. The van der Waals surface area contributed by atoms with E-state index in [2.05, 4.69) is 46.5 Å². The first-order valence-electron chi connectivity index (χ1n) is 12.0. The lowest BCUT2D eigenvalue weighted by atomic mass is 10.1. The van der Waals surface area contributed by atoms with Crippen LogP contribution in [0.15, 0.2) is 73.6 Å². The molecule has 37 heavy (non-hydrogen) atoms. The van der Waals surface area contributed by atoms with Gasteiger partial charge in [-0.15, -0.1) is 0 Å². The van der Waals surface area contributed by atoms with Gasteiger partial charge in [0.25, 0.3) is 0 Å². The fourth-order valence-corrected chi connectivity index (χ4v) is 4.44. The molecule has 0 aliphatic rings. The maximum atomic E-state index is 12.2. The first-order chi connectivity index (χ1) is 18.0. The van der Waals surface area contributed by atoms with Crippen molar-refractivity contribution in [3.63, 3.8) is 0 Å². The lowest BCUT2D eigenvalue weighted by molar-refractivity contribution is -0.116. The quantitative estimate of drug-likeness (QED) is 0.280. The Labute approximate surface area is 212 Å². The van der Waals surface area contributed by atoms with Gasteiger partial charge in [-0.25, -0.2) is 4.98 Å². The zero-order valence-electron chi connectivity index (χ0n) is 20.4. The molecule has 0 saturated carbocycles. The van der Waals surface area contributed by atoms with Crippen molar-refractivity contribution in [1.82, 2.24) is 35.1 Å². The third kappa shape index (κ3) is 4.42. The van der Waals surface area contributed by atoms with Crippen LogP contribution in [-0.4, -0.2) is 41.0 Å². The van der Waals surface area contributed by atoms with Crippen molar-refractivity contribution in [2.75, 3.05) is 5.32 Å². The summed E-state index contributed by atoms with van der Waals surface area (Å²) in [7, 11) is 0. The van der Waals surface area contributed by atoms with E-state index in [1.807, 2.05) is 50.4 Å². The second-order valence-corrected chi connectivity index (χ2v) is 9.34. The summed E-state index contributed by atoms with van der Waals surface area (Å²) in [6.07, 6.45) is 11.0. The smallest absolute Gasteiger partial charge is 0.224 e. The zero-order valence-corrected chi connectivity index (χ0v) is 20.4. The number of aromatic nitrogens is 7. The fraction of sp³-hybridized carbons (Fsp3) is 0.143. The summed E-state index contributed by atoms with van der Waals surface area (Å²) in [5, 5.41) is 12.5. The molecule has 9 nitrogen and oxygen atoms in total. The topological polar surface area (TPSA) is 125 Å². The van der Waals surface area contributed by atoms with Gasteiger partial charge in [0.2, 0.25) is 5.91 Å². The highest BCUT2D eigenvalue weighted by atomic mass is 16.1. The molecule has 0 radical (unpaired) electrons. The minimum absolute atomic E-state index is 0.0347. The Balaban J connectivity index is 1.38. The predicted octanol–water partition coefficient (Wildman–Crippen LogP) is 5.61. The van der Waals surface area contributed by atoms with Crippen LogP contribution in [-0.2, 0) is 4.79 Å². The van der Waals surface area contributed by atoms with Crippen LogP contribution >= 0.6 is 0 Å². The van der Waals surface area contributed by atoms with Crippen LogP contribution < -0.4 is 5.32 Å². The molecule has 0 bridgehead atoms. The molecule has 0 aliphatic heterocycles. The Hall–Kier alpha value is -4.92. The molecule has 6 aromatic rings. The van der Waals surface area contributed by atoms with Crippen LogP contribution in [0.3, 0.4) is 0 Å². The molecule has 0 unspecified atom stereocenters. The molecule has 182 valence electrons. The number of amides is 1. The van der Waals surface area contributed by atoms with Gasteiger partial charge in [-0.05, 0) is 41.8 Å². The Morgan fingerprint density at radius 1 is 0.946 bits per heavy atom. The Morgan fingerprint density at radius 2 is 1.84 bits per heavy atom. The maximum Gasteiger partial charge on any atom is 0.224 e. The lowest BCUT2D eigenvalue weighted by Gasteiger charge is -2.08. The summed E-state index contributed by atoms with van der Waals surface area (Å²) >= 11 is 0. The van der Waals surface area contributed by atoms with Gasteiger partial charge in [-0.1, -0.05) is 19.9 Å². The first-order valence-corrected chi connectivity index (χ1v) is 12.0. The number of anilines is 1. The monoisotopic (exact) mass is 488 g/mol. The van der Waals surface area contributed by atoms with Gasteiger partial charge in [-0.3, -0.25) is 24.8 Å². The molecule has 0 saturated heterocycles. The first kappa shape index (κ1) is 22.5. The number of nitrogens with one attached hydrogen (secondary N) is 3. The van der Waals surface area contributed by atoms with E-state index in [0.29, 0.717) is 12.1 Å². The van der Waals surface area contributed by atoms with Gasteiger partial charge in [0.15, 0.2) is 0 Å². The van der Waals surface area contributed by atoms with Crippen molar-refractivity contribution in [3.05, 3.63) is 73.6 Å². The second-order valence-electron chi connectivity index (χ2n) is 9.34. The number of hydrogen-bond donors (Lipinski definition) is 3. The minimum atomic E-state index is -0.0347. The molecular weight excluding hydrogens is 464 g/mol. The summed E-state index contributed by atoms with van der Waals surface area (Å²) < 4.78 is 0. The van der Waals surface area contributed by atoms with Crippen LogP contribution in [0.25, 0.3) is 55.7 Å². The van der Waals surface area contributed by atoms with Crippen LogP contribution in [0, 0.1) is 5.92 Å². The number of nitrogens with zero attached hydrogens (tertiary/aromatic N) is 5. The Morgan fingerprint density at radius 3 is 2.68 bits per heavy atom. The molecule has 0 fully saturated rings. The van der Waals surface area contributed by atoms with E-state index in [4.69, 9.17) is 0 Å². The Bertz CT molecular complexity index is 1740. The van der Waals surface area contributed by atoms with E-state index in [-0.39, 0.29) is 11.8 Å². The van der Waals surface area contributed by atoms with Gasteiger partial charge in [0.05, 0.1) is 35.0 Å². The van der Waals surface area contributed by atoms with Crippen molar-refractivity contribution in [2.45, 2.75) is 20.3 Å². The largest absolute Gasteiger partial charge is 0.338 e. The average molecular weight is 489 g/mol. The molecule has 0 spiro atoms. The van der Waals surface area contributed by atoms with E-state index < -0.39 is 0 Å². The van der Waals surface area contributed by atoms with Gasteiger partial charge in [0.1, 0.15) is 11.3 Å². The number of rotatable bonds is 6. The summed E-state index contributed by atoms with van der Waals surface area (Å²) in [5.74, 6) is 0.243. The number of carbonyl (C=O) groups excluding carboxylic acids is 1.